The highest BCUT2D eigenvalue weighted by Crippen LogP contribution is 2.41. The van der Waals surface area contributed by atoms with E-state index in [-0.39, 0.29) is 11.6 Å². The lowest BCUT2D eigenvalue weighted by atomic mass is 9.83. The lowest BCUT2D eigenvalue weighted by Crippen LogP contribution is -2.38. The molecule has 44 heavy (non-hydrogen) atoms. The van der Waals surface area contributed by atoms with E-state index in [9.17, 15) is 4.79 Å². The second-order valence-corrected chi connectivity index (χ2v) is 12.6. The molecule has 0 unspecified atom stereocenters. The maximum absolute atomic E-state index is 14.1. The molecule has 0 N–H and O–H groups in total. The molecule has 1 aliphatic carbocycles. The second kappa shape index (κ2) is 12.1. The van der Waals surface area contributed by atoms with Gasteiger partial charge < -0.3 is 9.47 Å². The standard InChI is InChI=1S/C36H28Cl2N2O3S/c1-2-42-31-19-23(9-18-30(31)43-21-22-7-13-26(37)14-8-22)20-32-35(41)40-34(25-10-15-27(38)16-11-25)29-17-12-24-5-3-4-6-28(24)33(29)39-36(40)44-32/h3-11,13-16,18-20,34H,2,12,17,21H2,1H3/t34-/m1/s1. The van der Waals surface area contributed by atoms with Crippen LogP contribution < -0.4 is 24.4 Å². The van der Waals surface area contributed by atoms with Crippen LogP contribution in [0.2, 0.25) is 10.0 Å². The number of nitrogens with zero attached hydrogens (tertiary/aromatic N) is 2. The molecule has 2 aliphatic rings. The summed E-state index contributed by atoms with van der Waals surface area (Å²) in [5.41, 5.74) is 7.35. The topological polar surface area (TPSA) is 52.8 Å². The lowest BCUT2D eigenvalue weighted by Gasteiger charge is -2.30. The van der Waals surface area contributed by atoms with Gasteiger partial charge in [-0.05, 0) is 90.1 Å². The van der Waals surface area contributed by atoms with Crippen molar-refractivity contribution in [2.24, 2.45) is 4.99 Å². The molecule has 5 aromatic rings. The molecule has 2 heterocycles. The number of aromatic nitrogens is 1. The number of aryl methyl sites for hydroxylation is 1. The van der Waals surface area contributed by atoms with Gasteiger partial charge in [-0.3, -0.25) is 9.36 Å². The molecule has 0 spiro atoms. The van der Waals surface area contributed by atoms with Crippen LogP contribution in [-0.4, -0.2) is 11.2 Å². The summed E-state index contributed by atoms with van der Waals surface area (Å²) in [6, 6.07) is 29.3. The van der Waals surface area contributed by atoms with Crippen LogP contribution in [0.15, 0.2) is 106 Å². The summed E-state index contributed by atoms with van der Waals surface area (Å²) < 4.78 is 14.5. The Morgan fingerprint density at radius 3 is 2.43 bits per heavy atom. The van der Waals surface area contributed by atoms with Gasteiger partial charge in [0.15, 0.2) is 16.3 Å². The van der Waals surface area contributed by atoms with Gasteiger partial charge in [-0.15, -0.1) is 0 Å². The Morgan fingerprint density at radius 1 is 0.909 bits per heavy atom. The molecular weight excluding hydrogens is 611 g/mol. The van der Waals surface area contributed by atoms with Crippen LogP contribution in [0.1, 0.15) is 47.2 Å². The molecule has 4 aromatic carbocycles. The van der Waals surface area contributed by atoms with Crippen molar-refractivity contribution in [3.8, 4) is 11.5 Å². The second-order valence-electron chi connectivity index (χ2n) is 10.7. The molecule has 0 saturated carbocycles. The molecule has 7 rings (SSSR count). The average molecular weight is 640 g/mol. The summed E-state index contributed by atoms with van der Waals surface area (Å²) in [5, 5.41) is 1.35. The van der Waals surface area contributed by atoms with Crippen molar-refractivity contribution in [3.05, 3.63) is 154 Å². The van der Waals surface area contributed by atoms with Gasteiger partial charge in [-0.25, -0.2) is 4.99 Å². The van der Waals surface area contributed by atoms with Crippen LogP contribution in [0.5, 0.6) is 11.5 Å². The van der Waals surface area contributed by atoms with Gasteiger partial charge in [0.2, 0.25) is 0 Å². The number of rotatable bonds is 7. The molecule has 1 aromatic heterocycles. The fourth-order valence-corrected chi connectivity index (χ4v) is 7.12. The average Bonchev–Trinajstić information content (AvgIpc) is 3.35. The molecule has 0 bridgehead atoms. The Kier molecular flexibility index (Phi) is 7.89. The molecule has 5 nitrogen and oxygen atoms in total. The number of hydrogen-bond donors (Lipinski definition) is 0. The first-order valence-electron chi connectivity index (χ1n) is 14.5. The largest absolute Gasteiger partial charge is 0.490 e. The first kappa shape index (κ1) is 28.7. The molecule has 1 atom stereocenters. The summed E-state index contributed by atoms with van der Waals surface area (Å²) in [6.45, 7) is 2.80. The van der Waals surface area contributed by atoms with Crippen LogP contribution in [0, 0.1) is 0 Å². The summed E-state index contributed by atoms with van der Waals surface area (Å²) in [7, 11) is 0. The zero-order valence-corrected chi connectivity index (χ0v) is 26.3. The van der Waals surface area contributed by atoms with Crippen molar-refractivity contribution in [3.63, 3.8) is 0 Å². The fourth-order valence-electron chi connectivity index (χ4n) is 5.86. The predicted molar refractivity (Wildman–Crippen MR) is 178 cm³/mol. The number of fused-ring (bicyclic) bond motifs is 3. The van der Waals surface area contributed by atoms with Gasteiger partial charge in [0.25, 0.3) is 5.56 Å². The van der Waals surface area contributed by atoms with Gasteiger partial charge in [-0.1, -0.05) is 89.1 Å². The van der Waals surface area contributed by atoms with Crippen LogP contribution >= 0.6 is 34.5 Å². The summed E-state index contributed by atoms with van der Waals surface area (Å²) in [4.78, 5) is 19.9. The molecule has 220 valence electrons. The molecule has 0 radical (unpaired) electrons. The van der Waals surface area contributed by atoms with E-state index in [4.69, 9.17) is 37.7 Å². The Morgan fingerprint density at radius 2 is 1.66 bits per heavy atom. The SMILES string of the molecule is CCOc1cc(C=c2sc3n(c2=O)[C@H](c2ccc(Cl)cc2)C2=C(N=3)c3ccccc3CC2)ccc1OCc1ccc(Cl)cc1. The zero-order chi connectivity index (χ0) is 30.2. The van der Waals surface area contributed by atoms with Gasteiger partial charge in [0.05, 0.1) is 22.9 Å². The minimum absolute atomic E-state index is 0.0693. The number of ether oxygens (including phenoxy) is 2. The van der Waals surface area contributed by atoms with E-state index in [1.165, 1.54) is 16.9 Å². The third kappa shape index (κ3) is 5.50. The number of hydrogen-bond acceptors (Lipinski definition) is 5. The minimum Gasteiger partial charge on any atom is -0.490 e. The van der Waals surface area contributed by atoms with Crippen LogP contribution in [0.4, 0.5) is 0 Å². The van der Waals surface area contributed by atoms with E-state index in [1.807, 2.05) is 84.3 Å². The Bertz CT molecular complexity index is 2080. The highest BCUT2D eigenvalue weighted by atomic mass is 35.5. The van der Waals surface area contributed by atoms with E-state index in [2.05, 4.69) is 24.3 Å². The van der Waals surface area contributed by atoms with Crippen LogP contribution in [0.25, 0.3) is 11.8 Å². The van der Waals surface area contributed by atoms with E-state index < -0.39 is 0 Å². The van der Waals surface area contributed by atoms with E-state index in [0.29, 0.717) is 44.1 Å². The number of benzene rings is 4. The van der Waals surface area contributed by atoms with E-state index >= 15 is 0 Å². The summed E-state index contributed by atoms with van der Waals surface area (Å²) in [6.07, 6.45) is 3.65. The van der Waals surface area contributed by atoms with Gasteiger partial charge in [0.1, 0.15) is 6.61 Å². The monoisotopic (exact) mass is 638 g/mol. The maximum Gasteiger partial charge on any atom is 0.271 e. The first-order chi connectivity index (χ1) is 21.5. The third-order valence-electron chi connectivity index (χ3n) is 7.93. The first-order valence-corrected chi connectivity index (χ1v) is 16.1. The van der Waals surface area contributed by atoms with Gasteiger partial charge in [0, 0.05) is 15.6 Å². The van der Waals surface area contributed by atoms with Crippen molar-refractivity contribution < 1.29 is 9.47 Å². The minimum atomic E-state index is -0.253. The van der Waals surface area contributed by atoms with Crippen molar-refractivity contribution in [2.75, 3.05) is 6.61 Å². The summed E-state index contributed by atoms with van der Waals surface area (Å²) >= 11 is 13.7. The van der Waals surface area contributed by atoms with Crippen molar-refractivity contribution >= 4 is 46.3 Å². The molecule has 0 fully saturated rings. The summed E-state index contributed by atoms with van der Waals surface area (Å²) in [5.74, 6) is 1.25. The molecule has 0 amide bonds. The number of halogens is 2. The quantitative estimate of drug-likeness (QED) is 0.184. The van der Waals surface area contributed by atoms with Crippen molar-refractivity contribution in [2.45, 2.75) is 32.4 Å². The Hall–Kier alpha value is -4.10. The Labute approximate surface area is 269 Å². The molecule has 0 saturated heterocycles. The van der Waals surface area contributed by atoms with E-state index in [0.717, 1.165) is 46.4 Å². The molecular formula is C36H28Cl2N2O3S. The van der Waals surface area contributed by atoms with Crippen LogP contribution in [-0.2, 0) is 13.0 Å². The molecule has 8 heteroatoms. The number of thiazole rings is 1. The third-order valence-corrected chi connectivity index (χ3v) is 9.42. The van der Waals surface area contributed by atoms with Crippen molar-refractivity contribution in [1.29, 1.82) is 0 Å². The highest BCUT2D eigenvalue weighted by Gasteiger charge is 2.32. The normalized spacial score (nSPS) is 15.7. The fraction of sp³-hybridized carbons (Fsp3) is 0.167. The Balaban J connectivity index is 1.30. The molecule has 1 aliphatic heterocycles. The predicted octanol–water partition coefficient (Wildman–Crippen LogP) is 7.60. The lowest BCUT2D eigenvalue weighted by molar-refractivity contribution is 0.269. The maximum atomic E-state index is 14.1. The van der Waals surface area contributed by atoms with Gasteiger partial charge in [-0.2, -0.15) is 0 Å². The number of allylic oxidation sites excluding steroid dienone is 1. The smallest absolute Gasteiger partial charge is 0.271 e. The zero-order valence-electron chi connectivity index (χ0n) is 23.9. The van der Waals surface area contributed by atoms with Crippen LogP contribution in [0.3, 0.4) is 0 Å². The van der Waals surface area contributed by atoms with Gasteiger partial charge >= 0.3 is 0 Å². The van der Waals surface area contributed by atoms with Crippen molar-refractivity contribution in [1.82, 2.24) is 4.57 Å². The van der Waals surface area contributed by atoms with E-state index in [1.54, 1.807) is 0 Å². The highest BCUT2D eigenvalue weighted by molar-refractivity contribution is 7.07.